The van der Waals surface area contributed by atoms with Gasteiger partial charge in [-0.1, -0.05) is 18.2 Å². The molecule has 0 spiro atoms. The molecule has 0 N–H and O–H groups in total. The van der Waals surface area contributed by atoms with E-state index in [1.807, 2.05) is 44.2 Å². The minimum atomic E-state index is 0.0810. The van der Waals surface area contributed by atoms with Crippen LogP contribution in [0, 0.1) is 0 Å². The van der Waals surface area contributed by atoms with Crippen LogP contribution < -0.4 is 0 Å². The van der Waals surface area contributed by atoms with Gasteiger partial charge in [0.05, 0.1) is 5.69 Å². The second-order valence-electron chi connectivity index (χ2n) is 3.36. The summed E-state index contributed by atoms with van der Waals surface area (Å²) < 4.78 is 10.8. The predicted molar refractivity (Wildman–Crippen MR) is 54.6 cm³/mol. The summed E-state index contributed by atoms with van der Waals surface area (Å²) in [4.78, 5) is 4.23. The van der Waals surface area contributed by atoms with Crippen LogP contribution in [0.4, 0.5) is 5.69 Å². The van der Waals surface area contributed by atoms with Crippen LogP contribution in [-0.2, 0) is 9.47 Å². The van der Waals surface area contributed by atoms with Gasteiger partial charge in [0.25, 0.3) is 0 Å². The Morgan fingerprint density at radius 1 is 1.00 bits per heavy atom. The lowest BCUT2D eigenvalue weighted by Gasteiger charge is -2.01. The molecule has 3 heteroatoms. The zero-order valence-corrected chi connectivity index (χ0v) is 8.31. The highest BCUT2D eigenvalue weighted by Gasteiger charge is 2.27. The van der Waals surface area contributed by atoms with Crippen molar-refractivity contribution in [2.45, 2.75) is 26.1 Å². The average molecular weight is 191 g/mol. The van der Waals surface area contributed by atoms with Crippen molar-refractivity contribution >= 4 is 11.8 Å². The fraction of sp³-hybridized carbons (Fsp3) is 0.364. The van der Waals surface area contributed by atoms with Crippen molar-refractivity contribution < 1.29 is 9.47 Å². The predicted octanol–water partition coefficient (Wildman–Crippen LogP) is 2.50. The molecule has 0 unspecified atom stereocenters. The SMILES string of the molecule is C[C@@H]1OC(=Nc2ccccc2)O[C@H]1C. The van der Waals surface area contributed by atoms with Crippen molar-refractivity contribution in [2.24, 2.45) is 4.99 Å². The van der Waals surface area contributed by atoms with Gasteiger partial charge in [0.1, 0.15) is 12.2 Å². The summed E-state index contributed by atoms with van der Waals surface area (Å²) >= 11 is 0. The maximum absolute atomic E-state index is 5.41. The number of aliphatic imine (C=N–C) groups is 1. The molecule has 14 heavy (non-hydrogen) atoms. The molecule has 0 aromatic heterocycles. The average Bonchev–Trinajstić information content (AvgIpc) is 2.47. The summed E-state index contributed by atoms with van der Waals surface area (Å²) in [5.74, 6) is 0. The molecular formula is C11H13NO2. The highest BCUT2D eigenvalue weighted by atomic mass is 16.7. The van der Waals surface area contributed by atoms with Crippen molar-refractivity contribution in [1.82, 2.24) is 0 Å². The summed E-state index contributed by atoms with van der Waals surface area (Å²) in [5, 5.41) is 0. The first kappa shape index (κ1) is 9.06. The van der Waals surface area contributed by atoms with Gasteiger partial charge in [-0.25, -0.2) is 0 Å². The Labute approximate surface area is 83.4 Å². The number of nitrogens with zero attached hydrogens (tertiary/aromatic N) is 1. The number of ether oxygens (including phenoxy) is 2. The lowest BCUT2D eigenvalue weighted by Crippen LogP contribution is -2.13. The van der Waals surface area contributed by atoms with Gasteiger partial charge in [-0.3, -0.25) is 0 Å². The van der Waals surface area contributed by atoms with E-state index in [1.54, 1.807) is 0 Å². The zero-order valence-electron chi connectivity index (χ0n) is 8.31. The highest BCUT2D eigenvalue weighted by molar-refractivity contribution is 5.72. The molecule has 1 aromatic carbocycles. The Hall–Kier alpha value is -1.51. The summed E-state index contributed by atoms with van der Waals surface area (Å²) in [6, 6.07) is 9.63. The van der Waals surface area contributed by atoms with Gasteiger partial charge in [0.2, 0.25) is 0 Å². The standard InChI is InChI=1S/C11H13NO2/c1-8-9(2)14-11(13-8)12-10-6-4-3-5-7-10/h3-9H,1-2H3/t8-,9-/m0/s1. The maximum atomic E-state index is 5.41. The second kappa shape index (κ2) is 3.70. The lowest BCUT2D eigenvalue weighted by atomic mass is 10.3. The van der Waals surface area contributed by atoms with E-state index < -0.39 is 0 Å². The first-order valence-electron chi connectivity index (χ1n) is 4.73. The molecule has 1 aliphatic heterocycles. The molecule has 0 saturated carbocycles. The third-order valence-corrected chi connectivity index (χ3v) is 2.21. The van der Waals surface area contributed by atoms with Crippen LogP contribution in [0.1, 0.15) is 13.8 Å². The summed E-state index contributed by atoms with van der Waals surface area (Å²) in [7, 11) is 0. The molecule has 0 aliphatic carbocycles. The monoisotopic (exact) mass is 191 g/mol. The van der Waals surface area contributed by atoms with Gasteiger partial charge in [-0.15, -0.1) is 0 Å². The van der Waals surface area contributed by atoms with Crippen LogP contribution >= 0.6 is 0 Å². The van der Waals surface area contributed by atoms with E-state index in [2.05, 4.69) is 4.99 Å². The van der Waals surface area contributed by atoms with Gasteiger partial charge < -0.3 is 9.47 Å². The third kappa shape index (κ3) is 1.87. The molecular weight excluding hydrogens is 178 g/mol. The van der Waals surface area contributed by atoms with Crippen LogP contribution in [0.5, 0.6) is 0 Å². The van der Waals surface area contributed by atoms with Gasteiger partial charge >= 0.3 is 6.08 Å². The third-order valence-electron chi connectivity index (χ3n) is 2.21. The quantitative estimate of drug-likeness (QED) is 0.682. The van der Waals surface area contributed by atoms with Crippen LogP contribution in [-0.4, -0.2) is 18.3 Å². The molecule has 0 bridgehead atoms. The molecule has 1 aliphatic rings. The number of rotatable bonds is 1. The molecule has 1 aromatic rings. The van der Waals surface area contributed by atoms with E-state index >= 15 is 0 Å². The van der Waals surface area contributed by atoms with Gasteiger partial charge in [-0.05, 0) is 26.0 Å². The van der Waals surface area contributed by atoms with E-state index in [-0.39, 0.29) is 12.2 Å². The first-order chi connectivity index (χ1) is 6.75. The van der Waals surface area contributed by atoms with Crippen molar-refractivity contribution in [3.8, 4) is 0 Å². The Balaban J connectivity index is 2.14. The van der Waals surface area contributed by atoms with E-state index in [4.69, 9.17) is 9.47 Å². The van der Waals surface area contributed by atoms with E-state index in [0.717, 1.165) is 5.69 Å². The Kier molecular flexibility index (Phi) is 2.39. The van der Waals surface area contributed by atoms with Crippen LogP contribution in [0.3, 0.4) is 0 Å². The second-order valence-corrected chi connectivity index (χ2v) is 3.36. The van der Waals surface area contributed by atoms with E-state index in [0.29, 0.717) is 6.08 Å². The summed E-state index contributed by atoms with van der Waals surface area (Å²) in [6.07, 6.45) is 0.533. The molecule has 2 rings (SSSR count). The maximum Gasteiger partial charge on any atom is 0.389 e. The molecule has 1 fully saturated rings. The molecule has 0 amide bonds. The minimum Gasteiger partial charge on any atom is -0.444 e. The van der Waals surface area contributed by atoms with E-state index in [1.165, 1.54) is 0 Å². The van der Waals surface area contributed by atoms with Crippen molar-refractivity contribution in [3.63, 3.8) is 0 Å². The van der Waals surface area contributed by atoms with Gasteiger partial charge in [0.15, 0.2) is 0 Å². The number of hydrogen-bond acceptors (Lipinski definition) is 3. The van der Waals surface area contributed by atoms with Gasteiger partial charge in [-0.2, -0.15) is 4.99 Å². The molecule has 74 valence electrons. The van der Waals surface area contributed by atoms with Crippen LogP contribution in [0.25, 0.3) is 0 Å². The van der Waals surface area contributed by atoms with Crippen LogP contribution in [0.2, 0.25) is 0 Å². The molecule has 2 atom stereocenters. The normalized spacial score (nSPS) is 25.4. The van der Waals surface area contributed by atoms with Crippen LogP contribution in [0.15, 0.2) is 35.3 Å². The fourth-order valence-electron chi connectivity index (χ4n) is 1.20. The van der Waals surface area contributed by atoms with Crippen molar-refractivity contribution in [3.05, 3.63) is 30.3 Å². The lowest BCUT2D eigenvalue weighted by molar-refractivity contribution is 0.187. The number of benzene rings is 1. The summed E-state index contributed by atoms with van der Waals surface area (Å²) in [6.45, 7) is 3.94. The molecule has 3 nitrogen and oxygen atoms in total. The fourth-order valence-corrected chi connectivity index (χ4v) is 1.20. The number of para-hydroxylation sites is 1. The van der Waals surface area contributed by atoms with E-state index in [9.17, 15) is 0 Å². The smallest absolute Gasteiger partial charge is 0.389 e. The minimum absolute atomic E-state index is 0.0810. The Morgan fingerprint density at radius 2 is 1.57 bits per heavy atom. The zero-order chi connectivity index (χ0) is 9.97. The topological polar surface area (TPSA) is 30.8 Å². The highest BCUT2D eigenvalue weighted by Crippen LogP contribution is 2.18. The van der Waals surface area contributed by atoms with Crippen molar-refractivity contribution in [2.75, 3.05) is 0 Å². The van der Waals surface area contributed by atoms with Crippen molar-refractivity contribution in [1.29, 1.82) is 0 Å². The first-order valence-corrected chi connectivity index (χ1v) is 4.73. The Morgan fingerprint density at radius 3 is 2.14 bits per heavy atom. The Bertz CT molecular complexity index is 322. The summed E-state index contributed by atoms with van der Waals surface area (Å²) in [5.41, 5.74) is 0.851. The molecule has 1 heterocycles. The molecule has 1 saturated heterocycles. The van der Waals surface area contributed by atoms with Gasteiger partial charge in [0, 0.05) is 0 Å². The largest absolute Gasteiger partial charge is 0.444 e. The molecule has 0 radical (unpaired) electrons. The number of hydrogen-bond donors (Lipinski definition) is 0.